The fraction of sp³-hybridized carbons (Fsp3) is 0.364. The van der Waals surface area contributed by atoms with Gasteiger partial charge in [0.25, 0.3) is 0 Å². The van der Waals surface area contributed by atoms with E-state index < -0.39 is 8.80 Å². The third-order valence-electron chi connectivity index (χ3n) is 2.36. The van der Waals surface area contributed by atoms with Crippen LogP contribution >= 0.6 is 0 Å². The molecule has 1 aromatic carbocycles. The van der Waals surface area contributed by atoms with Gasteiger partial charge < -0.3 is 18.0 Å². The molecule has 0 saturated carbocycles. The summed E-state index contributed by atoms with van der Waals surface area (Å²) in [5.41, 5.74) is 0.521. The number of ether oxygens (including phenoxy) is 1. The van der Waals surface area contributed by atoms with Crippen molar-refractivity contribution >= 4 is 15.1 Å². The van der Waals surface area contributed by atoms with Crippen molar-refractivity contribution in [1.82, 2.24) is 0 Å². The van der Waals surface area contributed by atoms with Crippen molar-refractivity contribution in [2.75, 3.05) is 21.3 Å². The lowest BCUT2D eigenvalue weighted by Crippen LogP contribution is -2.43. The molecule has 94 valence electrons. The number of carbonyl (C=O) groups excluding carboxylic acids is 1. The fourth-order valence-electron chi connectivity index (χ4n) is 1.21. The summed E-state index contributed by atoms with van der Waals surface area (Å²) in [6.45, 7) is 1.76. The Morgan fingerprint density at radius 3 is 2.24 bits per heavy atom. The standard InChI is InChI=1S/C11H16O5Si/c1-13-11-7-9(8-12)5-6-10(11)16-17(4,14-2)15-3/h5-8H,1-4H3. The highest BCUT2D eigenvalue weighted by molar-refractivity contribution is 6.59. The Kier molecular flexibility index (Phi) is 4.68. The van der Waals surface area contributed by atoms with Gasteiger partial charge in [-0.25, -0.2) is 0 Å². The zero-order valence-electron chi connectivity index (χ0n) is 10.4. The molecule has 0 bridgehead atoms. The van der Waals surface area contributed by atoms with E-state index in [4.69, 9.17) is 18.0 Å². The molecule has 0 unspecified atom stereocenters. The minimum atomic E-state index is -2.68. The lowest BCUT2D eigenvalue weighted by molar-refractivity contribution is 0.112. The zero-order valence-corrected chi connectivity index (χ0v) is 11.4. The summed E-state index contributed by atoms with van der Waals surface area (Å²) in [5.74, 6) is 0.971. The SMILES string of the molecule is COc1cc(C=O)ccc1O[Si](C)(OC)OC. The Morgan fingerprint density at radius 2 is 1.76 bits per heavy atom. The van der Waals surface area contributed by atoms with Gasteiger partial charge in [0.05, 0.1) is 7.11 Å². The molecule has 0 saturated heterocycles. The second-order valence-corrected chi connectivity index (χ2v) is 6.15. The van der Waals surface area contributed by atoms with Gasteiger partial charge in [0.15, 0.2) is 5.75 Å². The number of benzene rings is 1. The predicted octanol–water partition coefficient (Wildman–Crippen LogP) is 1.75. The van der Waals surface area contributed by atoms with E-state index in [2.05, 4.69) is 0 Å². The maximum Gasteiger partial charge on any atom is 0.562 e. The molecule has 0 aliphatic carbocycles. The Hall–Kier alpha value is -1.37. The van der Waals surface area contributed by atoms with Crippen molar-refractivity contribution in [1.29, 1.82) is 0 Å². The molecule has 5 nitrogen and oxygen atoms in total. The number of methoxy groups -OCH3 is 1. The summed E-state index contributed by atoms with van der Waals surface area (Å²) in [4.78, 5) is 10.6. The molecular weight excluding hydrogens is 240 g/mol. The van der Waals surface area contributed by atoms with Gasteiger partial charge in [-0.05, 0) is 18.2 Å². The quantitative estimate of drug-likeness (QED) is 0.573. The summed E-state index contributed by atoms with van der Waals surface area (Å²) in [6.07, 6.45) is 0.746. The summed E-state index contributed by atoms with van der Waals surface area (Å²) in [5, 5.41) is 0. The number of hydrogen-bond donors (Lipinski definition) is 0. The average molecular weight is 256 g/mol. The Labute approximate surface area is 102 Å². The highest BCUT2D eigenvalue weighted by Gasteiger charge is 2.35. The smallest absolute Gasteiger partial charge is 0.497 e. The van der Waals surface area contributed by atoms with Gasteiger partial charge in [0.2, 0.25) is 0 Å². The van der Waals surface area contributed by atoms with E-state index >= 15 is 0 Å². The molecule has 1 aromatic rings. The van der Waals surface area contributed by atoms with Gasteiger partial charge in [-0.3, -0.25) is 4.79 Å². The van der Waals surface area contributed by atoms with Crippen LogP contribution in [-0.4, -0.2) is 36.4 Å². The van der Waals surface area contributed by atoms with Gasteiger partial charge in [0.1, 0.15) is 12.0 Å². The highest BCUT2D eigenvalue weighted by Crippen LogP contribution is 2.30. The lowest BCUT2D eigenvalue weighted by atomic mass is 10.2. The van der Waals surface area contributed by atoms with Crippen LogP contribution in [0.25, 0.3) is 0 Å². The molecule has 0 aliphatic rings. The second kappa shape index (κ2) is 5.81. The van der Waals surface area contributed by atoms with Crippen molar-refractivity contribution in [3.63, 3.8) is 0 Å². The first-order chi connectivity index (χ1) is 8.08. The molecule has 0 heterocycles. The van der Waals surface area contributed by atoms with Crippen molar-refractivity contribution in [3.8, 4) is 11.5 Å². The first kappa shape index (κ1) is 13.7. The van der Waals surface area contributed by atoms with E-state index in [9.17, 15) is 4.79 Å². The molecule has 17 heavy (non-hydrogen) atoms. The van der Waals surface area contributed by atoms with Crippen molar-refractivity contribution < 1.29 is 22.8 Å². The van der Waals surface area contributed by atoms with E-state index in [1.807, 2.05) is 0 Å². The zero-order chi connectivity index (χ0) is 12.9. The van der Waals surface area contributed by atoms with E-state index in [-0.39, 0.29) is 0 Å². The Bertz CT molecular complexity index is 389. The monoisotopic (exact) mass is 256 g/mol. The average Bonchev–Trinajstić information content (AvgIpc) is 2.39. The summed E-state index contributed by atoms with van der Waals surface area (Å²) < 4.78 is 21.3. The molecule has 0 aromatic heterocycles. The lowest BCUT2D eigenvalue weighted by Gasteiger charge is -2.24. The van der Waals surface area contributed by atoms with Crippen LogP contribution in [0.2, 0.25) is 6.55 Å². The third-order valence-corrected chi connectivity index (χ3v) is 4.43. The van der Waals surface area contributed by atoms with Crippen molar-refractivity contribution in [2.24, 2.45) is 0 Å². The van der Waals surface area contributed by atoms with E-state index in [0.717, 1.165) is 6.29 Å². The molecule has 0 amide bonds. The van der Waals surface area contributed by atoms with Crippen LogP contribution < -0.4 is 9.16 Å². The van der Waals surface area contributed by atoms with Crippen LogP contribution in [0.1, 0.15) is 10.4 Å². The minimum absolute atomic E-state index is 0.474. The van der Waals surface area contributed by atoms with E-state index in [1.165, 1.54) is 21.3 Å². The molecule has 1 rings (SSSR count). The number of hydrogen-bond acceptors (Lipinski definition) is 5. The number of carbonyl (C=O) groups is 1. The van der Waals surface area contributed by atoms with Gasteiger partial charge in [-0.15, -0.1) is 0 Å². The second-order valence-electron chi connectivity index (χ2n) is 3.40. The van der Waals surface area contributed by atoms with Crippen LogP contribution in [0.15, 0.2) is 18.2 Å². The maximum absolute atomic E-state index is 10.6. The summed E-state index contributed by atoms with van der Waals surface area (Å²) in [7, 11) is 1.89. The van der Waals surface area contributed by atoms with Crippen molar-refractivity contribution in [2.45, 2.75) is 6.55 Å². The Morgan fingerprint density at radius 1 is 1.12 bits per heavy atom. The van der Waals surface area contributed by atoms with Gasteiger partial charge in [-0.2, -0.15) is 0 Å². The van der Waals surface area contributed by atoms with Crippen LogP contribution in [0.3, 0.4) is 0 Å². The molecule has 0 atom stereocenters. The van der Waals surface area contributed by atoms with Gasteiger partial charge >= 0.3 is 8.80 Å². The van der Waals surface area contributed by atoms with Crippen molar-refractivity contribution in [3.05, 3.63) is 23.8 Å². The number of rotatable bonds is 6. The normalized spacial score (nSPS) is 11.1. The van der Waals surface area contributed by atoms with Crippen LogP contribution in [-0.2, 0) is 8.85 Å². The maximum atomic E-state index is 10.6. The predicted molar refractivity (Wildman–Crippen MR) is 64.6 cm³/mol. The molecule has 0 fully saturated rings. The van der Waals surface area contributed by atoms with E-state index in [1.54, 1.807) is 24.7 Å². The van der Waals surface area contributed by atoms with Gasteiger partial charge in [0, 0.05) is 26.3 Å². The molecule has 0 aliphatic heterocycles. The van der Waals surface area contributed by atoms with Crippen LogP contribution in [0, 0.1) is 0 Å². The highest BCUT2D eigenvalue weighted by atomic mass is 28.4. The Balaban J connectivity index is 3.01. The third kappa shape index (κ3) is 3.29. The van der Waals surface area contributed by atoms with Crippen LogP contribution in [0.5, 0.6) is 11.5 Å². The molecule has 6 heteroatoms. The first-order valence-electron chi connectivity index (χ1n) is 5.01. The van der Waals surface area contributed by atoms with E-state index in [0.29, 0.717) is 17.1 Å². The van der Waals surface area contributed by atoms with Crippen LogP contribution in [0.4, 0.5) is 0 Å². The molecule has 0 radical (unpaired) electrons. The molecule has 0 N–H and O–H groups in total. The topological polar surface area (TPSA) is 54.0 Å². The summed E-state index contributed by atoms with van der Waals surface area (Å²) >= 11 is 0. The molecular formula is C11H16O5Si. The fourth-order valence-corrected chi connectivity index (χ4v) is 2.11. The number of aldehydes is 1. The first-order valence-corrected chi connectivity index (χ1v) is 7.23. The van der Waals surface area contributed by atoms with Gasteiger partial charge in [-0.1, -0.05) is 0 Å². The minimum Gasteiger partial charge on any atom is -0.497 e. The summed E-state index contributed by atoms with van der Waals surface area (Å²) in [6, 6.07) is 4.90. The largest absolute Gasteiger partial charge is 0.562 e. The molecule has 0 spiro atoms.